The van der Waals surface area contributed by atoms with Gasteiger partial charge in [0.25, 0.3) is 0 Å². The Labute approximate surface area is 191 Å². The van der Waals surface area contributed by atoms with Gasteiger partial charge >= 0.3 is 6.03 Å². The van der Waals surface area contributed by atoms with Gasteiger partial charge in [0, 0.05) is 48.7 Å². The van der Waals surface area contributed by atoms with Gasteiger partial charge in [-0.05, 0) is 37.1 Å². The van der Waals surface area contributed by atoms with Crippen molar-refractivity contribution in [3.05, 3.63) is 34.8 Å². The average Bonchev–Trinajstić information content (AvgIpc) is 3.38. The normalized spacial score (nSPS) is 16.3. The Kier molecular flexibility index (Phi) is 7.01. The van der Waals surface area contributed by atoms with Gasteiger partial charge in [-0.3, -0.25) is 19.8 Å². The van der Waals surface area contributed by atoms with Crippen molar-refractivity contribution in [1.82, 2.24) is 15.2 Å². The fraction of sp³-hybridized carbons (Fsp3) is 0.455. The molecular formula is C22H28N6O3S. The summed E-state index contributed by atoms with van der Waals surface area (Å²) in [5.74, 6) is -0.235. The Hall–Kier alpha value is -2.98. The molecule has 0 radical (unpaired) electrons. The van der Waals surface area contributed by atoms with Crippen LogP contribution in [0.25, 0.3) is 0 Å². The summed E-state index contributed by atoms with van der Waals surface area (Å²) in [4.78, 5) is 43.5. The highest BCUT2D eigenvalue weighted by Gasteiger charge is 2.23. The summed E-state index contributed by atoms with van der Waals surface area (Å²) < 4.78 is 0. The maximum atomic E-state index is 12.5. The van der Waals surface area contributed by atoms with Gasteiger partial charge in [-0.2, -0.15) is 0 Å². The predicted molar refractivity (Wildman–Crippen MR) is 125 cm³/mol. The number of carbonyl (C=O) groups is 3. The van der Waals surface area contributed by atoms with Crippen LogP contribution in [-0.4, -0.2) is 46.9 Å². The van der Waals surface area contributed by atoms with Gasteiger partial charge in [0.15, 0.2) is 5.13 Å². The molecule has 0 atom stereocenters. The first-order valence-corrected chi connectivity index (χ1v) is 11.7. The maximum absolute atomic E-state index is 12.5. The van der Waals surface area contributed by atoms with Crippen LogP contribution in [0.3, 0.4) is 0 Å². The highest BCUT2D eigenvalue weighted by molar-refractivity contribution is 7.15. The zero-order valence-corrected chi connectivity index (χ0v) is 18.9. The van der Waals surface area contributed by atoms with Crippen LogP contribution in [-0.2, 0) is 22.6 Å². The monoisotopic (exact) mass is 456 g/mol. The molecule has 4 amide bonds. The lowest BCUT2D eigenvalue weighted by Gasteiger charge is -2.25. The number of urea groups is 1. The number of hydrogen-bond acceptors (Lipinski definition) is 6. The molecule has 1 fully saturated rings. The zero-order chi connectivity index (χ0) is 22.5. The van der Waals surface area contributed by atoms with Gasteiger partial charge in [-0.15, -0.1) is 11.3 Å². The average molecular weight is 457 g/mol. The van der Waals surface area contributed by atoms with E-state index < -0.39 is 0 Å². The number of fused-ring (bicyclic) bond motifs is 1. The molecule has 32 heavy (non-hydrogen) atoms. The number of aromatic nitrogens is 1. The first-order valence-electron chi connectivity index (χ1n) is 10.9. The Morgan fingerprint density at radius 2 is 1.75 bits per heavy atom. The largest absolute Gasteiger partial charge is 0.335 e. The highest BCUT2D eigenvalue weighted by Crippen LogP contribution is 2.28. The van der Waals surface area contributed by atoms with E-state index in [2.05, 4.69) is 31.2 Å². The number of carbonyl (C=O) groups excluding carboxylic acids is 3. The molecule has 4 N–H and O–H groups in total. The molecular weight excluding hydrogens is 428 g/mol. The minimum Gasteiger partial charge on any atom is -0.335 e. The molecule has 0 saturated heterocycles. The molecule has 1 aliphatic carbocycles. The van der Waals surface area contributed by atoms with Crippen LogP contribution in [0, 0.1) is 0 Å². The summed E-state index contributed by atoms with van der Waals surface area (Å²) >= 11 is 1.47. The molecule has 1 aromatic heterocycles. The lowest BCUT2D eigenvalue weighted by molar-refractivity contribution is -0.117. The van der Waals surface area contributed by atoms with E-state index in [1.54, 1.807) is 24.3 Å². The van der Waals surface area contributed by atoms with Gasteiger partial charge in [0.2, 0.25) is 11.8 Å². The predicted octanol–water partition coefficient (Wildman–Crippen LogP) is 3.16. The van der Waals surface area contributed by atoms with E-state index in [1.807, 2.05) is 0 Å². The van der Waals surface area contributed by atoms with Crippen LogP contribution in [0.1, 0.15) is 43.2 Å². The van der Waals surface area contributed by atoms with Crippen molar-refractivity contribution in [2.45, 2.75) is 51.6 Å². The molecule has 9 nitrogen and oxygen atoms in total. The third-order valence-corrected chi connectivity index (χ3v) is 6.58. The van der Waals surface area contributed by atoms with Crippen LogP contribution < -0.4 is 21.3 Å². The van der Waals surface area contributed by atoms with Crippen LogP contribution in [0.15, 0.2) is 24.3 Å². The first-order chi connectivity index (χ1) is 15.4. The fourth-order valence-electron chi connectivity index (χ4n) is 4.07. The summed E-state index contributed by atoms with van der Waals surface area (Å²) in [5.41, 5.74) is 2.36. The van der Waals surface area contributed by atoms with Crippen molar-refractivity contribution >= 4 is 45.7 Å². The third kappa shape index (κ3) is 6.04. The maximum Gasteiger partial charge on any atom is 0.321 e. The number of nitrogens with one attached hydrogen (secondary N) is 4. The quantitative estimate of drug-likeness (QED) is 0.533. The standard InChI is InChI=1S/C22H28N6O3S/c1-14(29)23-16-6-8-17(9-7-16)24-20(30)13-28-11-10-18-19(12-28)32-22(26-18)27-21(31)25-15-4-2-3-5-15/h6-9,15H,2-5,10-13H2,1H3,(H,23,29)(H,24,30)(H2,25,26,27,31). The molecule has 1 aliphatic heterocycles. The number of amides is 4. The van der Waals surface area contributed by atoms with Crippen LogP contribution in [0.2, 0.25) is 0 Å². The minimum absolute atomic E-state index is 0.0977. The summed E-state index contributed by atoms with van der Waals surface area (Å²) in [6, 6.07) is 7.09. The van der Waals surface area contributed by atoms with Crippen LogP contribution in [0.5, 0.6) is 0 Å². The number of nitrogens with zero attached hydrogens (tertiary/aromatic N) is 2. The lowest BCUT2D eigenvalue weighted by Crippen LogP contribution is -2.36. The second kappa shape index (κ2) is 10.1. The molecule has 10 heteroatoms. The number of rotatable bonds is 6. The molecule has 1 aromatic carbocycles. The lowest BCUT2D eigenvalue weighted by atomic mass is 10.2. The van der Waals surface area contributed by atoms with Crippen LogP contribution in [0.4, 0.5) is 21.3 Å². The Bertz CT molecular complexity index is 984. The minimum atomic E-state index is -0.191. The fourth-order valence-corrected chi connectivity index (χ4v) is 5.11. The zero-order valence-electron chi connectivity index (χ0n) is 18.1. The number of hydrogen-bond donors (Lipinski definition) is 4. The number of anilines is 3. The van der Waals surface area contributed by atoms with E-state index in [0.29, 0.717) is 23.1 Å². The van der Waals surface area contributed by atoms with Crippen LogP contribution >= 0.6 is 11.3 Å². The Balaban J connectivity index is 1.26. The second-order valence-corrected chi connectivity index (χ2v) is 9.32. The van der Waals surface area contributed by atoms with Crippen molar-refractivity contribution in [2.24, 2.45) is 0 Å². The topological polar surface area (TPSA) is 115 Å². The van der Waals surface area contributed by atoms with Crippen molar-refractivity contribution < 1.29 is 14.4 Å². The van der Waals surface area contributed by atoms with E-state index >= 15 is 0 Å². The highest BCUT2D eigenvalue weighted by atomic mass is 32.1. The van der Waals surface area contributed by atoms with Gasteiger partial charge in [0.1, 0.15) is 0 Å². The third-order valence-electron chi connectivity index (χ3n) is 5.58. The van der Waals surface area contributed by atoms with Gasteiger partial charge in [0.05, 0.1) is 12.2 Å². The molecule has 0 spiro atoms. The number of thiazole rings is 1. The smallest absolute Gasteiger partial charge is 0.321 e. The molecule has 2 aliphatic rings. The van der Waals surface area contributed by atoms with Gasteiger partial charge in [-0.1, -0.05) is 12.8 Å². The molecule has 4 rings (SSSR count). The van der Waals surface area contributed by atoms with E-state index in [9.17, 15) is 14.4 Å². The molecule has 0 unspecified atom stereocenters. The molecule has 2 heterocycles. The van der Waals surface area contributed by atoms with Gasteiger partial charge in [-0.25, -0.2) is 9.78 Å². The molecule has 1 saturated carbocycles. The summed E-state index contributed by atoms with van der Waals surface area (Å²) in [5, 5.41) is 12.1. The van der Waals surface area contributed by atoms with Gasteiger partial charge < -0.3 is 16.0 Å². The molecule has 0 bridgehead atoms. The van der Waals surface area contributed by atoms with Crippen molar-refractivity contribution in [2.75, 3.05) is 29.0 Å². The van der Waals surface area contributed by atoms with E-state index in [1.165, 1.54) is 31.1 Å². The van der Waals surface area contributed by atoms with Crippen molar-refractivity contribution in [3.8, 4) is 0 Å². The Morgan fingerprint density at radius 1 is 1.06 bits per heavy atom. The van der Waals surface area contributed by atoms with Crippen molar-refractivity contribution in [3.63, 3.8) is 0 Å². The van der Waals surface area contributed by atoms with E-state index in [-0.39, 0.29) is 30.4 Å². The number of benzene rings is 1. The second-order valence-electron chi connectivity index (χ2n) is 8.24. The Morgan fingerprint density at radius 3 is 2.44 bits per heavy atom. The van der Waals surface area contributed by atoms with Crippen molar-refractivity contribution in [1.29, 1.82) is 0 Å². The van der Waals surface area contributed by atoms with E-state index in [4.69, 9.17) is 0 Å². The summed E-state index contributed by atoms with van der Waals surface area (Å²) in [7, 11) is 0. The SMILES string of the molecule is CC(=O)Nc1ccc(NC(=O)CN2CCc3nc(NC(=O)NC4CCCC4)sc3C2)cc1. The summed E-state index contributed by atoms with van der Waals surface area (Å²) in [6.45, 7) is 3.09. The molecule has 2 aromatic rings. The molecule has 170 valence electrons. The summed E-state index contributed by atoms with van der Waals surface area (Å²) in [6.07, 6.45) is 5.16. The first kappa shape index (κ1) is 22.2. The van der Waals surface area contributed by atoms with E-state index in [0.717, 1.165) is 36.4 Å².